The first-order valence-corrected chi connectivity index (χ1v) is 14.1. The maximum Gasteiger partial charge on any atom is 0.258 e. The summed E-state index contributed by atoms with van der Waals surface area (Å²) in [5.74, 6) is -1.21. The Balaban J connectivity index is 0.000000573. The molecular weight excluding hydrogens is 535 g/mol. The van der Waals surface area contributed by atoms with Gasteiger partial charge in [0.2, 0.25) is 6.41 Å². The molecule has 39 heavy (non-hydrogen) atoms. The number of unbranched alkanes of at least 4 members (excludes halogenated alkanes) is 1. The number of aryl methyl sites for hydroxylation is 1. The van der Waals surface area contributed by atoms with Gasteiger partial charge in [-0.3, -0.25) is 9.59 Å². The SMILES string of the molecule is CCCC.CCN(C)SN(CC)c1ccc(C(=O)Nc2ccc(Cl)c(NC=O)c2)c(F)c1.Cc1ccccc1. The van der Waals surface area contributed by atoms with Crippen LogP contribution in [0.5, 0.6) is 0 Å². The van der Waals surface area contributed by atoms with Crippen molar-refractivity contribution >= 4 is 53.1 Å². The second-order valence-corrected chi connectivity index (χ2v) is 10.1. The van der Waals surface area contributed by atoms with Gasteiger partial charge in [0.25, 0.3) is 5.91 Å². The maximum absolute atomic E-state index is 14.6. The summed E-state index contributed by atoms with van der Waals surface area (Å²) in [6.45, 7) is 12.0. The Kier molecular flexibility index (Phi) is 16.6. The normalized spacial score (nSPS) is 9.97. The fourth-order valence-electron chi connectivity index (χ4n) is 2.87. The number of nitrogens with one attached hydrogen (secondary N) is 2. The molecule has 3 rings (SSSR count). The van der Waals surface area contributed by atoms with Crippen molar-refractivity contribution in [2.24, 2.45) is 0 Å². The van der Waals surface area contributed by atoms with Gasteiger partial charge in [0, 0.05) is 30.9 Å². The van der Waals surface area contributed by atoms with Crippen molar-refractivity contribution in [3.8, 4) is 0 Å². The molecule has 0 saturated heterocycles. The standard InChI is InChI=1S/C19H22ClFN4O2S.C7H8.C4H10/c1-4-24(3)28-25(5-2)14-7-8-15(17(21)11-14)19(27)23-13-6-9-16(20)18(10-13)22-12-26;1-7-5-3-2-4-6-7;1-3-4-2/h6-12H,4-5H2,1-3H3,(H,22,26)(H,23,27);2-6H,1H3;3-4H2,1-2H3. The predicted octanol–water partition coefficient (Wildman–Crippen LogP) is 8.44. The zero-order chi connectivity index (χ0) is 29.2. The second kappa shape index (κ2) is 19.1. The number of nitrogens with zero attached hydrogens (tertiary/aromatic N) is 2. The molecular formula is C30H40ClFN4O2S. The lowest BCUT2D eigenvalue weighted by molar-refractivity contribution is -0.105. The number of hydrogen-bond donors (Lipinski definition) is 2. The summed E-state index contributed by atoms with van der Waals surface area (Å²) in [6.07, 6.45) is 3.12. The summed E-state index contributed by atoms with van der Waals surface area (Å²) in [5.41, 5.74) is 2.65. The molecule has 0 aromatic heterocycles. The summed E-state index contributed by atoms with van der Waals surface area (Å²) in [5, 5.41) is 5.37. The van der Waals surface area contributed by atoms with Crippen molar-refractivity contribution in [2.75, 3.05) is 35.1 Å². The molecule has 0 aliphatic heterocycles. The van der Waals surface area contributed by atoms with E-state index in [1.807, 2.05) is 47.7 Å². The Bertz CT molecular complexity index is 1150. The number of carbonyl (C=O) groups excluding carboxylic acids is 2. The van der Waals surface area contributed by atoms with Crippen LogP contribution in [0.2, 0.25) is 5.02 Å². The van der Waals surface area contributed by atoms with Gasteiger partial charge in [-0.15, -0.1) is 0 Å². The highest BCUT2D eigenvalue weighted by Gasteiger charge is 2.16. The van der Waals surface area contributed by atoms with Crippen LogP contribution in [0.4, 0.5) is 21.5 Å². The first-order valence-electron chi connectivity index (χ1n) is 13.0. The predicted molar refractivity (Wildman–Crippen MR) is 166 cm³/mol. The summed E-state index contributed by atoms with van der Waals surface area (Å²) < 4.78 is 18.5. The molecule has 0 fully saturated rings. The summed E-state index contributed by atoms with van der Waals surface area (Å²) in [7, 11) is 1.95. The van der Waals surface area contributed by atoms with Crippen LogP contribution in [-0.4, -0.2) is 36.8 Å². The van der Waals surface area contributed by atoms with Gasteiger partial charge in [-0.05, 0) is 57.3 Å². The number of benzene rings is 3. The number of carbonyl (C=O) groups is 2. The monoisotopic (exact) mass is 574 g/mol. The van der Waals surface area contributed by atoms with Crippen LogP contribution in [0.1, 0.15) is 56.5 Å². The van der Waals surface area contributed by atoms with Crippen LogP contribution >= 0.6 is 23.7 Å². The topological polar surface area (TPSA) is 64.7 Å². The average molecular weight is 575 g/mol. The Morgan fingerprint density at radius 3 is 2.13 bits per heavy atom. The maximum atomic E-state index is 14.6. The third kappa shape index (κ3) is 12.6. The summed E-state index contributed by atoms with van der Waals surface area (Å²) >= 11 is 7.44. The van der Waals surface area contributed by atoms with E-state index in [-0.39, 0.29) is 5.56 Å². The van der Waals surface area contributed by atoms with Crippen LogP contribution in [-0.2, 0) is 4.79 Å². The minimum absolute atomic E-state index is 0.0755. The highest BCUT2D eigenvalue weighted by molar-refractivity contribution is 7.98. The van der Waals surface area contributed by atoms with E-state index in [0.29, 0.717) is 35.0 Å². The number of amides is 2. The molecule has 0 heterocycles. The third-order valence-electron chi connectivity index (χ3n) is 5.33. The summed E-state index contributed by atoms with van der Waals surface area (Å²) in [4.78, 5) is 23.1. The number of rotatable bonds is 10. The zero-order valence-electron chi connectivity index (χ0n) is 23.6. The molecule has 2 N–H and O–H groups in total. The smallest absolute Gasteiger partial charge is 0.258 e. The molecule has 0 aliphatic rings. The van der Waals surface area contributed by atoms with Crippen LogP contribution in [0.3, 0.4) is 0 Å². The second-order valence-electron chi connectivity index (χ2n) is 8.45. The van der Waals surface area contributed by atoms with E-state index in [4.69, 9.17) is 11.6 Å². The first-order chi connectivity index (χ1) is 18.7. The molecule has 0 aliphatic carbocycles. The third-order valence-corrected chi connectivity index (χ3v) is 6.87. The van der Waals surface area contributed by atoms with Crippen LogP contribution in [0.15, 0.2) is 66.7 Å². The lowest BCUT2D eigenvalue weighted by atomic mass is 10.1. The van der Waals surface area contributed by atoms with E-state index in [9.17, 15) is 14.0 Å². The van der Waals surface area contributed by atoms with Crippen molar-refractivity contribution in [1.82, 2.24) is 4.31 Å². The van der Waals surface area contributed by atoms with Gasteiger partial charge < -0.3 is 14.9 Å². The van der Waals surface area contributed by atoms with Crippen molar-refractivity contribution < 1.29 is 14.0 Å². The lowest BCUT2D eigenvalue weighted by Crippen LogP contribution is -2.22. The van der Waals surface area contributed by atoms with Gasteiger partial charge in [-0.25, -0.2) is 8.70 Å². The van der Waals surface area contributed by atoms with Gasteiger partial charge in [0.05, 0.1) is 22.0 Å². The fraction of sp³-hybridized carbons (Fsp3) is 0.333. The lowest BCUT2D eigenvalue weighted by Gasteiger charge is -2.26. The van der Waals surface area contributed by atoms with E-state index in [1.165, 1.54) is 54.8 Å². The van der Waals surface area contributed by atoms with Crippen molar-refractivity contribution in [2.45, 2.75) is 47.5 Å². The molecule has 0 radical (unpaired) electrons. The van der Waals surface area contributed by atoms with Crippen molar-refractivity contribution in [1.29, 1.82) is 0 Å². The number of hydrogen-bond acceptors (Lipinski definition) is 5. The Hall–Kier alpha value is -3.07. The van der Waals surface area contributed by atoms with Gasteiger partial charge in [-0.1, -0.05) is 81.1 Å². The van der Waals surface area contributed by atoms with Crippen LogP contribution in [0.25, 0.3) is 0 Å². The van der Waals surface area contributed by atoms with Crippen LogP contribution in [0, 0.1) is 12.7 Å². The molecule has 0 spiro atoms. The van der Waals surface area contributed by atoms with E-state index in [2.05, 4.69) is 43.5 Å². The van der Waals surface area contributed by atoms with Crippen molar-refractivity contribution in [3.05, 3.63) is 88.7 Å². The van der Waals surface area contributed by atoms with Gasteiger partial charge in [0.15, 0.2) is 0 Å². The first kappa shape index (κ1) is 34.0. The molecule has 0 bridgehead atoms. The van der Waals surface area contributed by atoms with E-state index >= 15 is 0 Å². The molecule has 3 aromatic rings. The number of halogens is 2. The zero-order valence-corrected chi connectivity index (χ0v) is 25.2. The van der Waals surface area contributed by atoms with E-state index in [0.717, 1.165) is 6.54 Å². The van der Waals surface area contributed by atoms with Crippen LogP contribution < -0.4 is 14.9 Å². The average Bonchev–Trinajstić information content (AvgIpc) is 2.94. The van der Waals surface area contributed by atoms with Crippen molar-refractivity contribution in [3.63, 3.8) is 0 Å². The molecule has 0 unspecified atom stereocenters. The molecule has 3 aromatic carbocycles. The molecule has 212 valence electrons. The molecule has 9 heteroatoms. The van der Waals surface area contributed by atoms with E-state index < -0.39 is 11.7 Å². The largest absolute Gasteiger partial charge is 0.327 e. The molecule has 0 atom stereocenters. The highest BCUT2D eigenvalue weighted by atomic mass is 35.5. The molecule has 2 amide bonds. The summed E-state index contributed by atoms with van der Waals surface area (Å²) in [6, 6.07) is 19.4. The Labute approximate surface area is 242 Å². The van der Waals surface area contributed by atoms with Gasteiger partial charge in [0.1, 0.15) is 5.82 Å². The quantitative estimate of drug-likeness (QED) is 0.188. The minimum Gasteiger partial charge on any atom is -0.327 e. The van der Waals surface area contributed by atoms with Gasteiger partial charge in [-0.2, -0.15) is 0 Å². The minimum atomic E-state index is -0.617. The fourth-order valence-corrected chi connectivity index (χ4v) is 3.81. The van der Waals surface area contributed by atoms with E-state index in [1.54, 1.807) is 12.1 Å². The Morgan fingerprint density at radius 1 is 0.974 bits per heavy atom. The number of anilines is 3. The molecule has 0 saturated carbocycles. The Morgan fingerprint density at radius 2 is 1.64 bits per heavy atom. The highest BCUT2D eigenvalue weighted by Crippen LogP contribution is 2.28. The van der Waals surface area contributed by atoms with Gasteiger partial charge >= 0.3 is 0 Å². The molecule has 6 nitrogen and oxygen atoms in total.